The molecule has 5 nitrogen and oxygen atoms in total. The van der Waals surface area contributed by atoms with Crippen molar-refractivity contribution in [1.29, 1.82) is 5.26 Å². The van der Waals surface area contributed by atoms with Crippen molar-refractivity contribution in [2.75, 3.05) is 5.32 Å². The highest BCUT2D eigenvalue weighted by Crippen LogP contribution is 2.30. The Morgan fingerprint density at radius 3 is 2.36 bits per heavy atom. The van der Waals surface area contributed by atoms with Gasteiger partial charge in [-0.1, -0.05) is 35.3 Å². The predicted octanol–water partition coefficient (Wildman–Crippen LogP) is 4.29. The number of benzene rings is 2. The van der Waals surface area contributed by atoms with E-state index in [1.54, 1.807) is 30.3 Å². The maximum Gasteiger partial charge on any atom is 0.221 e. The second-order valence-corrected chi connectivity index (χ2v) is 7.73. The molecule has 1 amide bonds. The number of carbonyl (C=O) groups is 1. The quantitative estimate of drug-likeness (QED) is 0.783. The molecule has 1 N–H and O–H groups in total. The van der Waals surface area contributed by atoms with Crippen molar-refractivity contribution in [3.05, 3.63) is 63.0 Å². The fourth-order valence-electron chi connectivity index (χ4n) is 1.99. The third kappa shape index (κ3) is 4.60. The molecular weight excluding hydrogens is 383 g/mol. The number of sulfone groups is 1. The monoisotopic (exact) mass is 394 g/mol. The third-order valence-electron chi connectivity index (χ3n) is 3.11. The Balaban J connectivity index is 2.44. The van der Waals surface area contributed by atoms with Gasteiger partial charge in [0.25, 0.3) is 0 Å². The number of anilines is 1. The zero-order chi connectivity index (χ0) is 18.6. The Hall–Kier alpha value is -2.33. The predicted molar refractivity (Wildman–Crippen MR) is 98.0 cm³/mol. The Bertz CT molecular complexity index is 992. The van der Waals surface area contributed by atoms with Gasteiger partial charge in [0, 0.05) is 17.6 Å². The highest BCUT2D eigenvalue weighted by atomic mass is 35.5. The molecule has 0 aliphatic heterocycles. The Labute approximate surface area is 155 Å². The number of nitriles is 1. The van der Waals surface area contributed by atoms with E-state index in [-0.39, 0.29) is 20.8 Å². The summed E-state index contributed by atoms with van der Waals surface area (Å²) in [5.74, 6) is -0.223. The summed E-state index contributed by atoms with van der Waals surface area (Å²) in [4.78, 5) is 10.3. The Kier molecular flexibility index (Phi) is 5.85. The van der Waals surface area contributed by atoms with Gasteiger partial charge in [0.2, 0.25) is 15.7 Å². The number of halogens is 2. The number of carbonyl (C=O) groups excluding carboxylic acids is 1. The van der Waals surface area contributed by atoms with Crippen LogP contribution in [0.25, 0.3) is 6.08 Å². The van der Waals surface area contributed by atoms with E-state index >= 15 is 0 Å². The van der Waals surface area contributed by atoms with Crippen LogP contribution in [0.15, 0.2) is 52.3 Å². The molecule has 128 valence electrons. The molecule has 0 bridgehead atoms. The van der Waals surface area contributed by atoms with E-state index in [1.807, 2.05) is 0 Å². The van der Waals surface area contributed by atoms with E-state index < -0.39 is 14.7 Å². The molecule has 2 aromatic rings. The lowest BCUT2D eigenvalue weighted by molar-refractivity contribution is -0.114. The summed E-state index contributed by atoms with van der Waals surface area (Å²) < 4.78 is 25.3. The molecule has 2 aromatic carbocycles. The lowest BCUT2D eigenvalue weighted by atomic mass is 10.2. The number of hydrogen-bond acceptors (Lipinski definition) is 4. The molecule has 25 heavy (non-hydrogen) atoms. The van der Waals surface area contributed by atoms with E-state index in [9.17, 15) is 18.5 Å². The fraction of sp³-hybridized carbons (Fsp3) is 0.0588. The Morgan fingerprint density at radius 1 is 1.16 bits per heavy atom. The van der Waals surface area contributed by atoms with Crippen molar-refractivity contribution in [3.63, 3.8) is 0 Å². The molecule has 0 saturated heterocycles. The topological polar surface area (TPSA) is 87.0 Å². The minimum Gasteiger partial charge on any atom is -0.326 e. The van der Waals surface area contributed by atoms with Gasteiger partial charge in [-0.3, -0.25) is 4.79 Å². The van der Waals surface area contributed by atoms with Gasteiger partial charge in [-0.25, -0.2) is 8.42 Å². The molecule has 0 fully saturated rings. The van der Waals surface area contributed by atoms with Crippen molar-refractivity contribution < 1.29 is 13.2 Å². The smallest absolute Gasteiger partial charge is 0.221 e. The number of hydrogen-bond donors (Lipinski definition) is 1. The zero-order valence-corrected chi connectivity index (χ0v) is 15.3. The van der Waals surface area contributed by atoms with E-state index in [4.69, 9.17) is 23.2 Å². The zero-order valence-electron chi connectivity index (χ0n) is 13.0. The lowest BCUT2D eigenvalue weighted by Crippen LogP contribution is -2.05. The first-order valence-corrected chi connectivity index (χ1v) is 9.17. The van der Waals surface area contributed by atoms with Crippen molar-refractivity contribution in [3.8, 4) is 6.07 Å². The summed E-state index contributed by atoms with van der Waals surface area (Å²) in [6.07, 6.45) is 1.23. The summed E-state index contributed by atoms with van der Waals surface area (Å²) >= 11 is 11.8. The standard InChI is InChI=1S/C17H12Cl2N2O3S/c1-11(22)21-14-5-2-12(3-6-14)8-15(10-20)25(23,24)17-9-13(18)4-7-16(17)19/h2-9H,1H3,(H,21,22)/b15-8+. The van der Waals surface area contributed by atoms with Crippen LogP contribution < -0.4 is 5.32 Å². The third-order valence-corrected chi connectivity index (χ3v) is 5.49. The van der Waals surface area contributed by atoms with Crippen molar-refractivity contribution >= 4 is 50.7 Å². The second kappa shape index (κ2) is 7.70. The highest BCUT2D eigenvalue weighted by Gasteiger charge is 2.24. The van der Waals surface area contributed by atoms with Gasteiger partial charge >= 0.3 is 0 Å². The SMILES string of the molecule is CC(=O)Nc1ccc(/C=C(\C#N)S(=O)(=O)c2cc(Cl)ccc2Cl)cc1. The molecule has 2 rings (SSSR count). The largest absolute Gasteiger partial charge is 0.326 e. The molecule has 0 heterocycles. The number of amides is 1. The van der Waals surface area contributed by atoms with Gasteiger partial charge < -0.3 is 5.32 Å². The van der Waals surface area contributed by atoms with Crippen molar-refractivity contribution in [2.45, 2.75) is 11.8 Å². The Morgan fingerprint density at radius 2 is 1.80 bits per heavy atom. The van der Waals surface area contributed by atoms with Crippen LogP contribution in [0.1, 0.15) is 12.5 Å². The number of allylic oxidation sites excluding steroid dienone is 1. The second-order valence-electron chi connectivity index (χ2n) is 5.00. The van der Waals surface area contributed by atoms with Gasteiger partial charge in [0.05, 0.1) is 9.92 Å². The van der Waals surface area contributed by atoms with Crippen LogP contribution in [-0.4, -0.2) is 14.3 Å². The number of nitrogens with one attached hydrogen (secondary N) is 1. The summed E-state index contributed by atoms with van der Waals surface area (Å²) in [6.45, 7) is 1.38. The van der Waals surface area contributed by atoms with Crippen LogP contribution in [0, 0.1) is 11.3 Å². The lowest BCUT2D eigenvalue weighted by Gasteiger charge is -2.06. The van der Waals surface area contributed by atoms with E-state index in [0.29, 0.717) is 11.3 Å². The summed E-state index contributed by atoms with van der Waals surface area (Å²) in [6, 6.07) is 12.1. The van der Waals surface area contributed by atoms with E-state index in [1.165, 1.54) is 31.2 Å². The minimum atomic E-state index is -4.12. The molecule has 0 unspecified atom stereocenters. The molecule has 0 aliphatic rings. The summed E-state index contributed by atoms with van der Waals surface area (Å²) in [5, 5.41) is 12.1. The molecule has 0 atom stereocenters. The van der Waals surface area contributed by atoms with Crippen LogP contribution in [0.2, 0.25) is 10.0 Å². The molecular formula is C17H12Cl2N2O3S. The maximum atomic E-state index is 12.7. The molecule has 0 radical (unpaired) electrons. The first kappa shape index (κ1) is 19.0. The minimum absolute atomic E-state index is 0.0217. The number of rotatable bonds is 4. The molecule has 0 aliphatic carbocycles. The van der Waals surface area contributed by atoms with E-state index in [2.05, 4.69) is 5.32 Å². The number of nitrogens with zero attached hydrogens (tertiary/aromatic N) is 1. The molecule has 0 saturated carbocycles. The highest BCUT2D eigenvalue weighted by molar-refractivity contribution is 7.95. The first-order chi connectivity index (χ1) is 11.7. The molecule has 8 heteroatoms. The average molecular weight is 395 g/mol. The van der Waals surface area contributed by atoms with Gasteiger partial charge in [-0.05, 0) is 42.0 Å². The average Bonchev–Trinajstić information content (AvgIpc) is 2.55. The van der Waals surface area contributed by atoms with Gasteiger partial charge in [-0.2, -0.15) is 5.26 Å². The van der Waals surface area contributed by atoms with Crippen molar-refractivity contribution in [1.82, 2.24) is 0 Å². The van der Waals surface area contributed by atoms with Crippen LogP contribution in [0.4, 0.5) is 5.69 Å². The first-order valence-electron chi connectivity index (χ1n) is 6.93. The van der Waals surface area contributed by atoms with Crippen LogP contribution in [0.5, 0.6) is 0 Å². The normalized spacial score (nSPS) is 11.7. The van der Waals surface area contributed by atoms with Gasteiger partial charge in [0.1, 0.15) is 11.0 Å². The van der Waals surface area contributed by atoms with Crippen LogP contribution >= 0.6 is 23.2 Å². The van der Waals surface area contributed by atoms with E-state index in [0.717, 1.165) is 0 Å². The van der Waals surface area contributed by atoms with Crippen LogP contribution in [0.3, 0.4) is 0 Å². The molecule has 0 aromatic heterocycles. The summed E-state index contributed by atoms with van der Waals surface area (Å²) in [7, 11) is -4.12. The summed E-state index contributed by atoms with van der Waals surface area (Å²) in [5.41, 5.74) is 1.04. The maximum absolute atomic E-state index is 12.7. The fourth-order valence-corrected chi connectivity index (χ4v) is 3.90. The van der Waals surface area contributed by atoms with Gasteiger partial charge in [0.15, 0.2) is 0 Å². The molecule has 0 spiro atoms. The van der Waals surface area contributed by atoms with Crippen LogP contribution in [-0.2, 0) is 14.6 Å². The van der Waals surface area contributed by atoms with Gasteiger partial charge in [-0.15, -0.1) is 0 Å². The van der Waals surface area contributed by atoms with Crippen molar-refractivity contribution in [2.24, 2.45) is 0 Å².